The van der Waals surface area contributed by atoms with Gasteiger partial charge in [-0.25, -0.2) is 19.4 Å². The van der Waals surface area contributed by atoms with Gasteiger partial charge in [0.15, 0.2) is 5.82 Å². The lowest BCUT2D eigenvalue weighted by atomic mass is 10.2. The minimum Gasteiger partial charge on any atom is -0.456 e. The smallest absolute Gasteiger partial charge is 0.332 e. The molecule has 0 radical (unpaired) electrons. The van der Waals surface area contributed by atoms with Gasteiger partial charge in [-0.1, -0.05) is 23.2 Å². The van der Waals surface area contributed by atoms with Crippen molar-refractivity contribution < 1.29 is 9.53 Å². The largest absolute Gasteiger partial charge is 0.456 e. The highest BCUT2D eigenvalue weighted by atomic mass is 35.5. The van der Waals surface area contributed by atoms with Crippen molar-refractivity contribution in [2.24, 2.45) is 0 Å². The van der Waals surface area contributed by atoms with Crippen LogP contribution in [0.25, 0.3) is 17.6 Å². The molecule has 1 aliphatic rings. The third-order valence-electron chi connectivity index (χ3n) is 2.95. The number of rotatable bonds is 4. The molecule has 2 aromatic rings. The number of nitrogens with zero attached hydrogens (tertiary/aromatic N) is 4. The van der Waals surface area contributed by atoms with E-state index < -0.39 is 5.97 Å². The van der Waals surface area contributed by atoms with Crippen LogP contribution in [0.4, 0.5) is 0 Å². The molecule has 1 saturated heterocycles. The van der Waals surface area contributed by atoms with Crippen LogP contribution in [0.15, 0.2) is 24.5 Å². The Morgan fingerprint density at radius 3 is 2.91 bits per heavy atom. The topological polar surface area (TPSA) is 81.9 Å². The Morgan fingerprint density at radius 2 is 2.23 bits per heavy atom. The highest BCUT2D eigenvalue weighted by Crippen LogP contribution is 2.24. The lowest BCUT2D eigenvalue weighted by Gasteiger charge is -2.25. The van der Waals surface area contributed by atoms with Crippen molar-refractivity contribution in [1.82, 2.24) is 25.1 Å². The first-order valence-corrected chi connectivity index (χ1v) is 7.20. The zero-order valence-electron chi connectivity index (χ0n) is 11.2. The summed E-state index contributed by atoms with van der Waals surface area (Å²) in [6.07, 6.45) is 4.15. The van der Waals surface area contributed by atoms with Crippen LogP contribution < -0.4 is 5.32 Å². The van der Waals surface area contributed by atoms with E-state index in [4.69, 9.17) is 27.9 Å². The van der Waals surface area contributed by atoms with E-state index in [9.17, 15) is 4.79 Å². The second-order valence-electron chi connectivity index (χ2n) is 4.55. The van der Waals surface area contributed by atoms with E-state index in [1.54, 1.807) is 12.1 Å². The van der Waals surface area contributed by atoms with Crippen LogP contribution in [-0.4, -0.2) is 44.9 Å². The summed E-state index contributed by atoms with van der Waals surface area (Å²) in [6.45, 7) is 1.38. The minimum absolute atomic E-state index is 0.0533. The molecule has 0 amide bonds. The molecule has 0 saturated carbocycles. The fourth-order valence-corrected chi connectivity index (χ4v) is 2.16. The first-order chi connectivity index (χ1) is 10.6. The highest BCUT2D eigenvalue weighted by molar-refractivity contribution is 6.34. The van der Waals surface area contributed by atoms with E-state index in [1.165, 1.54) is 23.3 Å². The van der Waals surface area contributed by atoms with Gasteiger partial charge in [0.05, 0.1) is 5.56 Å². The summed E-state index contributed by atoms with van der Waals surface area (Å²) >= 11 is 11.7. The molecule has 7 nitrogen and oxygen atoms in total. The Balaban J connectivity index is 1.69. The summed E-state index contributed by atoms with van der Waals surface area (Å²) in [6, 6.07) is 3.28. The molecule has 3 rings (SSSR count). The van der Waals surface area contributed by atoms with Crippen molar-refractivity contribution in [2.45, 2.75) is 6.10 Å². The van der Waals surface area contributed by atoms with Crippen molar-refractivity contribution in [3.8, 4) is 11.4 Å². The van der Waals surface area contributed by atoms with Crippen LogP contribution in [0, 0.1) is 0 Å². The van der Waals surface area contributed by atoms with E-state index in [1.807, 2.05) is 0 Å². The molecule has 3 heterocycles. The summed E-state index contributed by atoms with van der Waals surface area (Å²) in [7, 11) is 0. The molecule has 9 heteroatoms. The first-order valence-electron chi connectivity index (χ1n) is 6.45. The molecule has 2 aromatic heterocycles. The van der Waals surface area contributed by atoms with Gasteiger partial charge in [0, 0.05) is 25.4 Å². The van der Waals surface area contributed by atoms with E-state index in [-0.39, 0.29) is 11.3 Å². The number of hydrogen-bond acceptors (Lipinski definition) is 6. The maximum atomic E-state index is 11.5. The maximum Gasteiger partial charge on any atom is 0.332 e. The lowest BCUT2D eigenvalue weighted by Crippen LogP contribution is -2.49. The van der Waals surface area contributed by atoms with Gasteiger partial charge in [0.25, 0.3) is 0 Å². The predicted octanol–water partition coefficient (Wildman–Crippen LogP) is 1.63. The molecule has 22 heavy (non-hydrogen) atoms. The maximum absolute atomic E-state index is 11.5. The lowest BCUT2D eigenvalue weighted by molar-refractivity contribution is -0.145. The summed E-state index contributed by atoms with van der Waals surface area (Å²) in [5.41, 5.74) is 0.557. The van der Waals surface area contributed by atoms with Gasteiger partial charge in [-0.2, -0.15) is 0 Å². The van der Waals surface area contributed by atoms with Gasteiger partial charge in [-0.05, 0) is 12.1 Å². The van der Waals surface area contributed by atoms with Crippen LogP contribution in [0.2, 0.25) is 10.3 Å². The van der Waals surface area contributed by atoms with Gasteiger partial charge in [-0.15, -0.1) is 5.10 Å². The SMILES string of the molecule is O=C(/C=C\n1cnc(-c2ccc(Cl)nc2Cl)n1)OC1CNC1. The van der Waals surface area contributed by atoms with Crippen LogP contribution in [0.1, 0.15) is 0 Å². The zero-order valence-corrected chi connectivity index (χ0v) is 12.8. The Labute approximate surface area is 135 Å². The molecule has 0 aliphatic carbocycles. The number of halogens is 2. The van der Waals surface area contributed by atoms with E-state index >= 15 is 0 Å². The Kier molecular flexibility index (Phi) is 4.37. The molecule has 0 atom stereocenters. The zero-order chi connectivity index (χ0) is 15.5. The number of hydrogen-bond donors (Lipinski definition) is 1. The second-order valence-corrected chi connectivity index (χ2v) is 5.30. The number of pyridine rings is 1. The average Bonchev–Trinajstić information content (AvgIpc) is 2.89. The molecule has 0 bridgehead atoms. The molecule has 1 fully saturated rings. The van der Waals surface area contributed by atoms with Gasteiger partial charge >= 0.3 is 5.97 Å². The third-order valence-corrected chi connectivity index (χ3v) is 3.45. The van der Waals surface area contributed by atoms with Crippen LogP contribution >= 0.6 is 23.2 Å². The van der Waals surface area contributed by atoms with Crippen LogP contribution in [-0.2, 0) is 9.53 Å². The van der Waals surface area contributed by atoms with Crippen molar-refractivity contribution in [1.29, 1.82) is 0 Å². The monoisotopic (exact) mass is 339 g/mol. The van der Waals surface area contributed by atoms with Gasteiger partial charge in [0.2, 0.25) is 0 Å². The second kappa shape index (κ2) is 6.43. The highest BCUT2D eigenvalue weighted by Gasteiger charge is 2.19. The van der Waals surface area contributed by atoms with Gasteiger partial charge < -0.3 is 10.1 Å². The number of ether oxygens (including phenoxy) is 1. The number of aromatic nitrogens is 4. The number of carbonyl (C=O) groups excluding carboxylic acids is 1. The summed E-state index contributed by atoms with van der Waals surface area (Å²) in [4.78, 5) is 19.6. The predicted molar refractivity (Wildman–Crippen MR) is 81.4 cm³/mol. The fraction of sp³-hybridized carbons (Fsp3) is 0.231. The molecule has 0 spiro atoms. The summed E-state index contributed by atoms with van der Waals surface area (Å²) in [5.74, 6) is -0.0369. The molecule has 0 aromatic carbocycles. The molecule has 114 valence electrons. The van der Waals surface area contributed by atoms with Crippen LogP contribution in [0.3, 0.4) is 0 Å². The Morgan fingerprint density at radius 1 is 1.41 bits per heavy atom. The molecular formula is C13H11Cl2N5O2. The Hall–Kier alpha value is -1.96. The fourth-order valence-electron chi connectivity index (χ4n) is 1.74. The summed E-state index contributed by atoms with van der Waals surface area (Å²) < 4.78 is 6.53. The standard InChI is InChI=1S/C13H11Cl2N5O2/c14-10-2-1-9(12(15)18-10)13-17-7-20(19-13)4-3-11(21)22-8-5-16-6-8/h1-4,7-8,16H,5-6H2/b4-3-. The Bertz CT molecular complexity index is 727. The molecule has 0 unspecified atom stereocenters. The summed E-state index contributed by atoms with van der Waals surface area (Å²) in [5, 5.41) is 7.71. The third kappa shape index (κ3) is 3.44. The number of esters is 1. The van der Waals surface area contributed by atoms with Gasteiger partial charge in [0.1, 0.15) is 22.7 Å². The molecule has 1 N–H and O–H groups in total. The van der Waals surface area contributed by atoms with E-state index in [2.05, 4.69) is 20.4 Å². The van der Waals surface area contributed by atoms with Crippen molar-refractivity contribution in [3.05, 3.63) is 34.8 Å². The van der Waals surface area contributed by atoms with Gasteiger partial charge in [-0.3, -0.25) is 0 Å². The van der Waals surface area contributed by atoms with E-state index in [0.717, 1.165) is 0 Å². The van der Waals surface area contributed by atoms with Crippen molar-refractivity contribution in [3.63, 3.8) is 0 Å². The number of nitrogens with one attached hydrogen (secondary N) is 1. The first kappa shape index (κ1) is 15.0. The number of carbonyl (C=O) groups is 1. The normalized spacial score (nSPS) is 15.0. The molecular weight excluding hydrogens is 329 g/mol. The molecule has 1 aliphatic heterocycles. The average molecular weight is 340 g/mol. The van der Waals surface area contributed by atoms with E-state index in [0.29, 0.717) is 29.6 Å². The van der Waals surface area contributed by atoms with Crippen molar-refractivity contribution >= 4 is 35.4 Å². The quantitative estimate of drug-likeness (QED) is 0.518. The van der Waals surface area contributed by atoms with Crippen molar-refractivity contribution in [2.75, 3.05) is 13.1 Å². The minimum atomic E-state index is -0.422. The van der Waals surface area contributed by atoms with Crippen LogP contribution in [0.5, 0.6) is 0 Å².